The molecule has 0 bridgehead atoms. The minimum Gasteiger partial charge on any atom is -0.544 e. The lowest BCUT2D eigenvalue weighted by molar-refractivity contribution is -0.142. The van der Waals surface area contributed by atoms with Gasteiger partial charge in [-0.1, -0.05) is 32.9 Å². The van der Waals surface area contributed by atoms with E-state index in [1.54, 1.807) is 0 Å². The first-order chi connectivity index (χ1) is 9.35. The average Bonchev–Trinajstić information content (AvgIpc) is 2.29. The highest BCUT2D eigenvalue weighted by Crippen LogP contribution is 2.37. The number of benzene rings is 1. The van der Waals surface area contributed by atoms with Crippen LogP contribution < -0.4 is 10.2 Å². The number of rotatable bonds is 5. The van der Waals surface area contributed by atoms with Crippen LogP contribution in [-0.2, 0) is 11.2 Å². The van der Waals surface area contributed by atoms with Crippen LogP contribution in [0.2, 0.25) is 18.1 Å². The smallest absolute Gasteiger partial charge is 0.323 e. The second-order valence-corrected chi connectivity index (χ2v) is 12.1. The predicted molar refractivity (Wildman–Crippen MR) is 88.2 cm³/mol. The summed E-state index contributed by atoms with van der Waals surface area (Å²) in [6.45, 7) is 12.5. The van der Waals surface area contributed by atoms with Crippen molar-refractivity contribution in [3.8, 4) is 5.75 Å². The van der Waals surface area contributed by atoms with E-state index in [0.29, 0.717) is 6.42 Å². The fourth-order valence-electron chi connectivity index (χ4n) is 1.62. The van der Waals surface area contributed by atoms with E-state index in [9.17, 15) is 4.79 Å². The standard InChI is InChI=1S/C16H27NO3Si/c1-15(2,3)21(5,6)20-13-9-7-12(8-10-13)11-16(4,17)14(18)19/h7-10H,11,17H2,1-6H3,(H,18,19)/t16-/m0/s1. The highest BCUT2D eigenvalue weighted by molar-refractivity contribution is 6.74. The predicted octanol–water partition coefficient (Wildman–Crippen LogP) is 3.42. The summed E-state index contributed by atoms with van der Waals surface area (Å²) in [4.78, 5) is 11.0. The van der Waals surface area contributed by atoms with Crippen LogP contribution in [0.5, 0.6) is 5.75 Å². The van der Waals surface area contributed by atoms with Crippen LogP contribution in [0.3, 0.4) is 0 Å². The third-order valence-corrected chi connectivity index (χ3v) is 8.52. The number of hydrogen-bond acceptors (Lipinski definition) is 3. The molecule has 0 aliphatic rings. The van der Waals surface area contributed by atoms with Crippen LogP contribution >= 0.6 is 0 Å². The summed E-state index contributed by atoms with van der Waals surface area (Å²) in [5.74, 6) is -0.163. The Morgan fingerprint density at radius 3 is 2.05 bits per heavy atom. The Morgan fingerprint density at radius 1 is 1.19 bits per heavy atom. The lowest BCUT2D eigenvalue weighted by atomic mass is 9.94. The van der Waals surface area contributed by atoms with Gasteiger partial charge in [0.15, 0.2) is 0 Å². The molecule has 1 atom stereocenters. The molecule has 1 aromatic rings. The molecule has 3 N–H and O–H groups in total. The average molecular weight is 309 g/mol. The van der Waals surface area contributed by atoms with Gasteiger partial charge in [-0.3, -0.25) is 4.79 Å². The van der Waals surface area contributed by atoms with Crippen LogP contribution in [0.1, 0.15) is 33.3 Å². The Kier molecular flexibility index (Phi) is 4.90. The molecule has 4 nitrogen and oxygen atoms in total. The van der Waals surface area contributed by atoms with Crippen LogP contribution in [0.4, 0.5) is 0 Å². The fraction of sp³-hybridized carbons (Fsp3) is 0.562. The molecule has 5 heteroatoms. The van der Waals surface area contributed by atoms with Crippen molar-refractivity contribution in [3.63, 3.8) is 0 Å². The molecule has 0 saturated heterocycles. The van der Waals surface area contributed by atoms with E-state index in [4.69, 9.17) is 15.3 Å². The molecule has 0 heterocycles. The first kappa shape index (κ1) is 17.7. The zero-order valence-electron chi connectivity index (χ0n) is 13.9. The van der Waals surface area contributed by atoms with E-state index in [-0.39, 0.29) is 5.04 Å². The summed E-state index contributed by atoms with van der Waals surface area (Å²) in [5.41, 5.74) is 5.41. The molecule has 0 fully saturated rings. The van der Waals surface area contributed by atoms with Gasteiger partial charge in [-0.15, -0.1) is 0 Å². The number of nitrogens with two attached hydrogens (primary N) is 1. The van der Waals surface area contributed by atoms with Gasteiger partial charge in [-0.25, -0.2) is 0 Å². The lowest BCUT2D eigenvalue weighted by Gasteiger charge is -2.36. The van der Waals surface area contributed by atoms with Crippen LogP contribution in [0.25, 0.3) is 0 Å². The Morgan fingerprint density at radius 2 is 1.67 bits per heavy atom. The molecule has 118 valence electrons. The van der Waals surface area contributed by atoms with Crippen LogP contribution in [-0.4, -0.2) is 24.9 Å². The lowest BCUT2D eigenvalue weighted by Crippen LogP contribution is -2.46. The molecule has 1 aromatic carbocycles. The van der Waals surface area contributed by atoms with Crippen molar-refractivity contribution in [1.82, 2.24) is 0 Å². The van der Waals surface area contributed by atoms with E-state index in [2.05, 4.69) is 33.9 Å². The maximum Gasteiger partial charge on any atom is 0.323 e. The largest absolute Gasteiger partial charge is 0.544 e. The van der Waals surface area contributed by atoms with E-state index in [1.807, 2.05) is 24.3 Å². The zero-order valence-corrected chi connectivity index (χ0v) is 14.9. The minimum atomic E-state index is -1.85. The van der Waals surface area contributed by atoms with Gasteiger partial charge in [-0.2, -0.15) is 0 Å². The molecule has 0 unspecified atom stereocenters. The Bertz CT molecular complexity index is 501. The van der Waals surface area contributed by atoms with Crippen LogP contribution in [0, 0.1) is 0 Å². The summed E-state index contributed by atoms with van der Waals surface area (Å²) in [7, 11) is -1.85. The third kappa shape index (κ3) is 4.57. The third-order valence-electron chi connectivity index (χ3n) is 4.16. The minimum absolute atomic E-state index is 0.144. The summed E-state index contributed by atoms with van der Waals surface area (Å²) < 4.78 is 6.19. The van der Waals surface area contributed by atoms with E-state index >= 15 is 0 Å². The maximum atomic E-state index is 11.0. The quantitative estimate of drug-likeness (QED) is 0.818. The van der Waals surface area contributed by atoms with Gasteiger partial charge < -0.3 is 15.3 Å². The van der Waals surface area contributed by atoms with Crippen molar-refractivity contribution in [1.29, 1.82) is 0 Å². The van der Waals surface area contributed by atoms with E-state index in [0.717, 1.165) is 11.3 Å². The van der Waals surface area contributed by atoms with Crippen molar-refractivity contribution in [2.45, 2.75) is 57.8 Å². The molecule has 1 rings (SSSR count). The van der Waals surface area contributed by atoms with Gasteiger partial charge in [0.2, 0.25) is 8.32 Å². The second kappa shape index (κ2) is 5.81. The van der Waals surface area contributed by atoms with Gasteiger partial charge in [0, 0.05) is 6.42 Å². The number of carboxylic acid groups (broad SMARTS) is 1. The van der Waals surface area contributed by atoms with E-state index < -0.39 is 19.8 Å². The SMILES string of the molecule is CC(C)(C)[Si](C)(C)Oc1ccc(C[C@](C)(N)C(=O)O)cc1. The Balaban J connectivity index is 2.82. The number of carbonyl (C=O) groups is 1. The molecule has 0 saturated carbocycles. The number of hydrogen-bond donors (Lipinski definition) is 2. The number of aliphatic carboxylic acids is 1. The highest BCUT2D eigenvalue weighted by Gasteiger charge is 2.39. The first-order valence-corrected chi connectivity index (χ1v) is 10.1. The van der Waals surface area contributed by atoms with Crippen LogP contribution in [0.15, 0.2) is 24.3 Å². The van der Waals surface area contributed by atoms with Gasteiger partial charge in [0.1, 0.15) is 11.3 Å². The Labute approximate surface area is 128 Å². The molecule has 0 aliphatic carbocycles. The monoisotopic (exact) mass is 309 g/mol. The van der Waals surface area contributed by atoms with Crippen molar-refractivity contribution < 1.29 is 14.3 Å². The molecule has 0 aliphatic heterocycles. The molecular weight excluding hydrogens is 282 g/mol. The zero-order chi connectivity index (χ0) is 16.5. The Hall–Kier alpha value is -1.33. The fourth-order valence-corrected chi connectivity index (χ4v) is 2.65. The molecule has 0 aromatic heterocycles. The molecule has 21 heavy (non-hydrogen) atoms. The van der Waals surface area contributed by atoms with Gasteiger partial charge in [0.05, 0.1) is 0 Å². The van der Waals surface area contributed by atoms with Crippen molar-refractivity contribution in [2.75, 3.05) is 0 Å². The van der Waals surface area contributed by atoms with Crippen molar-refractivity contribution >= 4 is 14.3 Å². The second-order valence-electron chi connectivity index (χ2n) is 7.41. The first-order valence-electron chi connectivity index (χ1n) is 7.15. The van der Waals surface area contributed by atoms with Crippen molar-refractivity contribution in [3.05, 3.63) is 29.8 Å². The van der Waals surface area contributed by atoms with Gasteiger partial charge in [-0.05, 0) is 42.8 Å². The van der Waals surface area contributed by atoms with E-state index in [1.165, 1.54) is 6.92 Å². The topological polar surface area (TPSA) is 72.5 Å². The van der Waals surface area contributed by atoms with Gasteiger partial charge >= 0.3 is 5.97 Å². The summed E-state index contributed by atoms with van der Waals surface area (Å²) in [5, 5.41) is 9.20. The van der Waals surface area contributed by atoms with Crippen molar-refractivity contribution in [2.24, 2.45) is 5.73 Å². The molecular formula is C16H27NO3Si. The molecule has 0 amide bonds. The highest BCUT2D eigenvalue weighted by atomic mass is 28.4. The summed E-state index contributed by atoms with van der Waals surface area (Å²) >= 11 is 0. The molecule has 0 radical (unpaired) electrons. The number of carboxylic acids is 1. The van der Waals surface area contributed by atoms with Gasteiger partial charge in [0.25, 0.3) is 0 Å². The summed E-state index contributed by atoms with van der Waals surface area (Å²) in [6, 6.07) is 7.56. The summed E-state index contributed by atoms with van der Waals surface area (Å²) in [6.07, 6.45) is 0.294. The molecule has 0 spiro atoms. The maximum absolute atomic E-state index is 11.0. The normalized spacial score (nSPS) is 15.4.